The van der Waals surface area contributed by atoms with E-state index in [0.717, 1.165) is 38.1 Å². The third-order valence-corrected chi connectivity index (χ3v) is 8.54. The second-order valence-corrected chi connectivity index (χ2v) is 11.5. The molecule has 0 unspecified atom stereocenters. The number of aromatic nitrogens is 2. The summed E-state index contributed by atoms with van der Waals surface area (Å²) in [5.41, 5.74) is -0.157. The van der Waals surface area contributed by atoms with Crippen LogP contribution in [0.15, 0.2) is 29.1 Å². The first-order valence-electron chi connectivity index (χ1n) is 12.7. The van der Waals surface area contributed by atoms with Crippen molar-refractivity contribution in [3.63, 3.8) is 0 Å². The van der Waals surface area contributed by atoms with Crippen LogP contribution in [0, 0.1) is 5.92 Å². The van der Waals surface area contributed by atoms with Crippen molar-refractivity contribution in [3.05, 3.63) is 34.6 Å². The summed E-state index contributed by atoms with van der Waals surface area (Å²) in [6.07, 6.45) is 11.5. The maximum Gasteiger partial charge on any atom is 0.380 e. The molecule has 1 saturated heterocycles. The highest BCUT2D eigenvalue weighted by Gasteiger charge is 2.37. The molecular weight excluding hydrogens is 437 g/mol. The summed E-state index contributed by atoms with van der Waals surface area (Å²) in [6.45, 7) is 5.41. The molecule has 4 atom stereocenters. The summed E-state index contributed by atoms with van der Waals surface area (Å²) < 4.78 is 13.7. The number of fused-ring (bicyclic) bond motifs is 1. The van der Waals surface area contributed by atoms with Crippen LogP contribution in [0.2, 0.25) is 0 Å². The van der Waals surface area contributed by atoms with Gasteiger partial charge in [-0.15, -0.1) is 0 Å². The maximum absolute atomic E-state index is 13.3. The zero-order valence-corrected chi connectivity index (χ0v) is 20.8. The summed E-state index contributed by atoms with van der Waals surface area (Å²) in [5, 5.41) is 0. The van der Waals surface area contributed by atoms with Crippen molar-refractivity contribution in [3.8, 4) is 0 Å². The number of para-hydroxylation sites is 2. The van der Waals surface area contributed by atoms with Crippen LogP contribution in [-0.4, -0.2) is 42.9 Å². The molecule has 0 radical (unpaired) electrons. The van der Waals surface area contributed by atoms with Crippen LogP contribution in [0.25, 0.3) is 11.0 Å². The summed E-state index contributed by atoms with van der Waals surface area (Å²) in [5.74, 6) is 0.825. The molecule has 7 nitrogen and oxygen atoms in total. The Morgan fingerprint density at radius 2 is 1.79 bits per heavy atom. The lowest BCUT2D eigenvalue weighted by molar-refractivity contribution is 0.0354. The Kier molecular flexibility index (Phi) is 7.74. The van der Waals surface area contributed by atoms with Gasteiger partial charge in [0, 0.05) is 24.7 Å². The molecule has 0 amide bonds. The monoisotopic (exact) mass is 475 g/mol. The van der Waals surface area contributed by atoms with E-state index in [1.807, 2.05) is 12.1 Å². The molecule has 1 aliphatic carbocycles. The lowest BCUT2D eigenvalue weighted by Crippen LogP contribution is -2.51. The minimum absolute atomic E-state index is 0.0847. The van der Waals surface area contributed by atoms with Gasteiger partial charge in [-0.3, -0.25) is 14.3 Å². The predicted molar refractivity (Wildman–Crippen MR) is 132 cm³/mol. The van der Waals surface area contributed by atoms with Gasteiger partial charge in [-0.25, -0.2) is 4.98 Å². The zero-order chi connectivity index (χ0) is 23.6. The summed E-state index contributed by atoms with van der Waals surface area (Å²) in [4.78, 5) is 39.7. The smallest absolute Gasteiger partial charge is 0.320 e. The van der Waals surface area contributed by atoms with Gasteiger partial charge in [-0.2, -0.15) is 0 Å². The van der Waals surface area contributed by atoms with Gasteiger partial charge in [0.15, 0.2) is 0 Å². The molecule has 2 aromatic rings. The van der Waals surface area contributed by atoms with Crippen LogP contribution in [0.5, 0.6) is 0 Å². The van der Waals surface area contributed by atoms with Crippen LogP contribution < -0.4 is 11.0 Å². The van der Waals surface area contributed by atoms with Gasteiger partial charge in [0.25, 0.3) is 5.56 Å². The minimum Gasteiger partial charge on any atom is -0.320 e. The van der Waals surface area contributed by atoms with Crippen molar-refractivity contribution in [2.75, 3.05) is 6.54 Å². The summed E-state index contributed by atoms with van der Waals surface area (Å²) >= 11 is 0. The molecule has 8 heteroatoms. The molecule has 4 rings (SSSR count). The highest BCUT2D eigenvalue weighted by Crippen LogP contribution is 2.38. The standard InChI is InChI=1S/C25H38N3O4P/c1-3-8-18-10-7-11-20(16-18)27-15-14-21(17-19(27)9-4-2)28-23-13-6-5-12-22(23)26-24(25(28)29)33(30,31)32/h5-6,12-13,18-21H,3-4,7-11,14-17H2,1-2H3,(H2,30,31,32)/t18-,19+,20-,21+/m0/s1. The molecule has 33 heavy (non-hydrogen) atoms. The van der Waals surface area contributed by atoms with Gasteiger partial charge < -0.3 is 14.4 Å². The van der Waals surface area contributed by atoms with Crippen molar-refractivity contribution in [1.82, 2.24) is 14.5 Å². The Labute approximate surface area is 196 Å². The summed E-state index contributed by atoms with van der Waals surface area (Å²) in [6, 6.07) is 8.11. The number of rotatable bonds is 7. The Balaban J connectivity index is 1.66. The van der Waals surface area contributed by atoms with Gasteiger partial charge >= 0.3 is 7.60 Å². The average Bonchev–Trinajstić information content (AvgIpc) is 2.78. The van der Waals surface area contributed by atoms with Crippen molar-refractivity contribution < 1.29 is 14.4 Å². The van der Waals surface area contributed by atoms with Gasteiger partial charge in [-0.1, -0.05) is 58.1 Å². The zero-order valence-electron chi connectivity index (χ0n) is 19.9. The molecule has 0 bridgehead atoms. The van der Waals surface area contributed by atoms with Crippen molar-refractivity contribution >= 4 is 24.1 Å². The lowest BCUT2D eigenvalue weighted by Gasteiger charge is -2.47. The largest absolute Gasteiger partial charge is 0.380 e. The van der Waals surface area contributed by atoms with Crippen LogP contribution in [-0.2, 0) is 4.57 Å². The van der Waals surface area contributed by atoms with Gasteiger partial charge in [0.05, 0.1) is 11.0 Å². The van der Waals surface area contributed by atoms with E-state index in [1.165, 1.54) is 38.5 Å². The fourth-order valence-electron chi connectivity index (χ4n) is 6.31. The first kappa shape index (κ1) is 24.6. The van der Waals surface area contributed by atoms with E-state index in [2.05, 4.69) is 23.7 Å². The number of piperidine rings is 1. The molecule has 1 aromatic heterocycles. The highest BCUT2D eigenvalue weighted by molar-refractivity contribution is 7.59. The molecule has 182 valence electrons. The number of nitrogens with zero attached hydrogens (tertiary/aromatic N) is 3. The van der Waals surface area contributed by atoms with Crippen molar-refractivity contribution in [1.29, 1.82) is 0 Å². The lowest BCUT2D eigenvalue weighted by atomic mass is 9.80. The molecule has 0 spiro atoms. The van der Waals surface area contributed by atoms with E-state index in [0.29, 0.717) is 23.1 Å². The molecule has 2 aliphatic rings. The first-order chi connectivity index (χ1) is 15.8. The normalized spacial score (nSPS) is 27.2. The molecule has 1 saturated carbocycles. The molecule has 2 heterocycles. The SMILES string of the molecule is CCC[C@H]1CCC[C@H](N2CC[C@@H](n3c(=O)c(P(=O)(O)O)nc4ccccc43)C[C@H]2CCC)C1. The second kappa shape index (κ2) is 10.4. The number of likely N-dealkylation sites (tertiary alicyclic amines) is 1. The van der Waals surface area contributed by atoms with Crippen molar-refractivity contribution in [2.45, 2.75) is 96.2 Å². The van der Waals surface area contributed by atoms with E-state index in [4.69, 9.17) is 0 Å². The van der Waals surface area contributed by atoms with Gasteiger partial charge in [0.1, 0.15) is 0 Å². The second-order valence-electron chi connectivity index (χ2n) is 9.98. The van der Waals surface area contributed by atoms with Crippen molar-refractivity contribution in [2.24, 2.45) is 5.92 Å². The number of hydrogen-bond acceptors (Lipinski definition) is 4. The third kappa shape index (κ3) is 5.27. The van der Waals surface area contributed by atoms with E-state index in [9.17, 15) is 19.1 Å². The van der Waals surface area contributed by atoms with E-state index < -0.39 is 18.6 Å². The Morgan fingerprint density at radius 3 is 2.52 bits per heavy atom. The average molecular weight is 476 g/mol. The van der Waals surface area contributed by atoms with E-state index >= 15 is 0 Å². The Morgan fingerprint density at radius 1 is 1.03 bits per heavy atom. The Bertz CT molecular complexity index is 1060. The fraction of sp³-hybridized carbons (Fsp3) is 0.680. The number of benzene rings is 1. The summed E-state index contributed by atoms with van der Waals surface area (Å²) in [7, 11) is -4.77. The topological polar surface area (TPSA) is 95.7 Å². The maximum atomic E-state index is 13.3. The molecule has 2 fully saturated rings. The fourth-order valence-corrected chi connectivity index (χ4v) is 6.90. The van der Waals surface area contributed by atoms with Gasteiger partial charge in [-0.05, 0) is 50.2 Å². The van der Waals surface area contributed by atoms with Crippen LogP contribution >= 0.6 is 7.60 Å². The molecule has 1 aromatic carbocycles. The van der Waals surface area contributed by atoms with Gasteiger partial charge in [0.2, 0.25) is 5.44 Å². The number of hydrogen-bond donors (Lipinski definition) is 2. The highest BCUT2D eigenvalue weighted by atomic mass is 31.2. The van der Waals surface area contributed by atoms with E-state index in [-0.39, 0.29) is 6.04 Å². The van der Waals surface area contributed by atoms with Crippen LogP contribution in [0.3, 0.4) is 0 Å². The molecular formula is C25H38N3O4P. The van der Waals surface area contributed by atoms with Crippen LogP contribution in [0.1, 0.15) is 84.1 Å². The third-order valence-electron chi connectivity index (χ3n) is 7.70. The molecule has 2 N–H and O–H groups in total. The molecule has 1 aliphatic heterocycles. The predicted octanol–water partition coefficient (Wildman–Crippen LogP) is 4.36. The van der Waals surface area contributed by atoms with Crippen LogP contribution in [0.4, 0.5) is 0 Å². The first-order valence-corrected chi connectivity index (χ1v) is 14.3. The Hall–Kier alpha value is -1.53. The minimum atomic E-state index is -4.77. The quantitative estimate of drug-likeness (QED) is 0.578. The van der Waals surface area contributed by atoms with E-state index in [1.54, 1.807) is 16.7 Å².